The summed E-state index contributed by atoms with van der Waals surface area (Å²) in [6, 6.07) is 6.86. The minimum atomic E-state index is -1.16. The van der Waals surface area contributed by atoms with Gasteiger partial charge < -0.3 is 10.6 Å². The molecule has 25 heavy (non-hydrogen) atoms. The number of hydrogen-bond acceptors (Lipinski definition) is 3. The Morgan fingerprint density at radius 2 is 2.04 bits per heavy atom. The van der Waals surface area contributed by atoms with Crippen molar-refractivity contribution in [3.63, 3.8) is 0 Å². The lowest BCUT2D eigenvalue weighted by Gasteiger charge is -2.24. The number of rotatable bonds is 4. The fourth-order valence-electron chi connectivity index (χ4n) is 3.50. The van der Waals surface area contributed by atoms with Gasteiger partial charge in [0, 0.05) is 10.5 Å². The largest absolute Gasteiger partial charge is 0.352 e. The van der Waals surface area contributed by atoms with Crippen LogP contribution in [0.1, 0.15) is 44.6 Å². The van der Waals surface area contributed by atoms with Gasteiger partial charge in [-0.2, -0.15) is 0 Å². The van der Waals surface area contributed by atoms with Crippen molar-refractivity contribution in [3.05, 3.63) is 34.3 Å². The maximum atomic E-state index is 12.8. The number of urea groups is 1. The highest BCUT2D eigenvalue weighted by molar-refractivity contribution is 9.10. The third-order valence-corrected chi connectivity index (χ3v) is 5.44. The van der Waals surface area contributed by atoms with Gasteiger partial charge in [-0.15, -0.1) is 0 Å². The summed E-state index contributed by atoms with van der Waals surface area (Å²) in [6.07, 6.45) is 5.33. The first-order chi connectivity index (χ1) is 11.9. The third-order valence-electron chi connectivity index (χ3n) is 4.95. The van der Waals surface area contributed by atoms with Gasteiger partial charge in [0.05, 0.1) is 0 Å². The van der Waals surface area contributed by atoms with Gasteiger partial charge in [-0.05, 0) is 37.5 Å². The van der Waals surface area contributed by atoms with Gasteiger partial charge in [0.1, 0.15) is 12.1 Å². The number of imide groups is 1. The van der Waals surface area contributed by atoms with Crippen LogP contribution in [0, 0.1) is 0 Å². The number of carbonyl (C=O) groups is 3. The SMILES string of the molecule is CC1(c2cccc(Br)c2)NC(=O)N(CC(=O)NC2CCCCC2)C1=O. The Morgan fingerprint density at radius 1 is 1.32 bits per heavy atom. The van der Waals surface area contributed by atoms with E-state index in [0.29, 0.717) is 5.56 Å². The molecule has 6 nitrogen and oxygen atoms in total. The van der Waals surface area contributed by atoms with Crippen LogP contribution < -0.4 is 10.6 Å². The Hall–Kier alpha value is -1.89. The molecule has 1 saturated carbocycles. The van der Waals surface area contributed by atoms with E-state index in [-0.39, 0.29) is 18.5 Å². The summed E-state index contributed by atoms with van der Waals surface area (Å²) in [5, 5.41) is 5.66. The van der Waals surface area contributed by atoms with Crippen molar-refractivity contribution < 1.29 is 14.4 Å². The first kappa shape index (κ1) is 17.9. The molecule has 134 valence electrons. The lowest BCUT2D eigenvalue weighted by molar-refractivity contribution is -0.135. The maximum absolute atomic E-state index is 12.8. The predicted molar refractivity (Wildman–Crippen MR) is 96.8 cm³/mol. The van der Waals surface area contributed by atoms with Gasteiger partial charge >= 0.3 is 6.03 Å². The molecule has 0 spiro atoms. The van der Waals surface area contributed by atoms with Crippen LogP contribution in [0.5, 0.6) is 0 Å². The van der Waals surface area contributed by atoms with Crippen molar-refractivity contribution in [2.45, 2.75) is 50.6 Å². The molecule has 0 radical (unpaired) electrons. The van der Waals surface area contributed by atoms with Crippen molar-refractivity contribution in [3.8, 4) is 0 Å². The molecule has 3 rings (SSSR count). The second-order valence-electron chi connectivity index (χ2n) is 6.86. The molecule has 1 aliphatic heterocycles. The van der Waals surface area contributed by atoms with Gasteiger partial charge in [0.25, 0.3) is 5.91 Å². The third kappa shape index (κ3) is 3.71. The van der Waals surface area contributed by atoms with Crippen molar-refractivity contribution >= 4 is 33.8 Å². The lowest BCUT2D eigenvalue weighted by atomic mass is 9.92. The summed E-state index contributed by atoms with van der Waals surface area (Å²) in [5.74, 6) is -0.691. The van der Waals surface area contributed by atoms with Crippen LogP contribution in [0.3, 0.4) is 0 Å². The number of nitrogens with zero attached hydrogens (tertiary/aromatic N) is 1. The van der Waals surface area contributed by atoms with Crippen molar-refractivity contribution in [1.82, 2.24) is 15.5 Å². The van der Waals surface area contributed by atoms with E-state index in [1.165, 1.54) is 6.42 Å². The molecule has 2 aliphatic rings. The van der Waals surface area contributed by atoms with E-state index in [9.17, 15) is 14.4 Å². The zero-order valence-corrected chi connectivity index (χ0v) is 15.8. The van der Waals surface area contributed by atoms with Crippen molar-refractivity contribution in [2.24, 2.45) is 0 Å². The van der Waals surface area contributed by atoms with E-state index < -0.39 is 17.5 Å². The number of amides is 4. The number of hydrogen-bond donors (Lipinski definition) is 2. The number of benzene rings is 1. The summed E-state index contributed by atoms with van der Waals surface area (Å²) >= 11 is 3.38. The number of nitrogens with one attached hydrogen (secondary N) is 2. The van der Waals surface area contributed by atoms with Crippen LogP contribution in [0.25, 0.3) is 0 Å². The molecule has 7 heteroatoms. The predicted octanol–water partition coefficient (Wildman–Crippen LogP) is 2.67. The number of carbonyl (C=O) groups excluding carboxylic acids is 3. The smallest absolute Gasteiger partial charge is 0.325 e. The van der Waals surface area contributed by atoms with E-state index in [2.05, 4.69) is 26.6 Å². The molecular formula is C18H22BrN3O3. The second kappa shape index (κ2) is 7.15. The topological polar surface area (TPSA) is 78.5 Å². The zero-order chi connectivity index (χ0) is 18.0. The minimum absolute atomic E-state index is 0.151. The standard InChI is InChI=1S/C18H22BrN3O3/c1-18(12-6-5-7-13(19)10-12)16(24)22(17(25)21-18)11-15(23)20-14-8-3-2-4-9-14/h5-7,10,14H,2-4,8-9,11H2,1H3,(H,20,23)(H,21,25). The monoisotopic (exact) mass is 407 g/mol. The summed E-state index contributed by atoms with van der Waals surface area (Å²) in [7, 11) is 0. The lowest BCUT2D eigenvalue weighted by Crippen LogP contribution is -2.45. The molecule has 1 aromatic rings. The molecule has 1 aromatic carbocycles. The molecule has 1 atom stereocenters. The van der Waals surface area contributed by atoms with E-state index >= 15 is 0 Å². The Balaban J connectivity index is 1.69. The molecule has 1 aliphatic carbocycles. The fraction of sp³-hybridized carbons (Fsp3) is 0.500. The zero-order valence-electron chi connectivity index (χ0n) is 14.2. The Kier molecular flexibility index (Phi) is 5.13. The molecule has 1 saturated heterocycles. The minimum Gasteiger partial charge on any atom is -0.352 e. The summed E-state index contributed by atoms with van der Waals surface area (Å²) in [5.41, 5.74) is -0.484. The molecule has 2 N–H and O–H groups in total. The maximum Gasteiger partial charge on any atom is 0.325 e. The van der Waals surface area contributed by atoms with Crippen LogP contribution >= 0.6 is 15.9 Å². The summed E-state index contributed by atoms with van der Waals surface area (Å²) in [4.78, 5) is 38.4. The molecule has 2 fully saturated rings. The Bertz CT molecular complexity index is 703. The highest BCUT2D eigenvalue weighted by Gasteiger charge is 2.49. The molecule has 1 heterocycles. The molecule has 0 bridgehead atoms. The molecule has 1 unspecified atom stereocenters. The summed E-state index contributed by atoms with van der Waals surface area (Å²) < 4.78 is 0.821. The van der Waals surface area contributed by atoms with Gasteiger partial charge in [0.2, 0.25) is 5.91 Å². The van der Waals surface area contributed by atoms with E-state index in [4.69, 9.17) is 0 Å². The van der Waals surface area contributed by atoms with Gasteiger partial charge in [0.15, 0.2) is 0 Å². The quantitative estimate of drug-likeness (QED) is 0.752. The molecule has 0 aromatic heterocycles. The van der Waals surface area contributed by atoms with E-state index in [1.54, 1.807) is 19.1 Å². The van der Waals surface area contributed by atoms with E-state index in [1.807, 2.05) is 12.1 Å². The normalized spacial score (nSPS) is 24.3. The van der Waals surface area contributed by atoms with Gasteiger partial charge in [-0.1, -0.05) is 47.3 Å². The van der Waals surface area contributed by atoms with Crippen molar-refractivity contribution in [1.29, 1.82) is 0 Å². The number of halogens is 1. The van der Waals surface area contributed by atoms with Crippen LogP contribution in [0.4, 0.5) is 4.79 Å². The van der Waals surface area contributed by atoms with Crippen LogP contribution in [-0.4, -0.2) is 35.3 Å². The van der Waals surface area contributed by atoms with Gasteiger partial charge in [-0.3, -0.25) is 14.5 Å². The van der Waals surface area contributed by atoms with E-state index in [0.717, 1.165) is 35.1 Å². The average molecular weight is 408 g/mol. The Morgan fingerprint density at radius 3 is 2.72 bits per heavy atom. The highest BCUT2D eigenvalue weighted by Crippen LogP contribution is 2.30. The van der Waals surface area contributed by atoms with Crippen LogP contribution in [0.15, 0.2) is 28.7 Å². The molecule has 4 amide bonds. The van der Waals surface area contributed by atoms with Crippen LogP contribution in [-0.2, 0) is 15.1 Å². The molecular weight excluding hydrogens is 386 g/mol. The first-order valence-corrected chi connectivity index (χ1v) is 9.39. The van der Waals surface area contributed by atoms with Crippen LogP contribution in [0.2, 0.25) is 0 Å². The second-order valence-corrected chi connectivity index (χ2v) is 7.77. The first-order valence-electron chi connectivity index (χ1n) is 8.59. The Labute approximate surface area is 155 Å². The average Bonchev–Trinajstić information content (AvgIpc) is 2.80. The van der Waals surface area contributed by atoms with Crippen molar-refractivity contribution in [2.75, 3.05) is 6.54 Å². The highest BCUT2D eigenvalue weighted by atomic mass is 79.9. The summed E-state index contributed by atoms with van der Waals surface area (Å²) in [6.45, 7) is 1.42. The van der Waals surface area contributed by atoms with Gasteiger partial charge in [-0.25, -0.2) is 4.79 Å². The fourth-order valence-corrected chi connectivity index (χ4v) is 3.90.